The van der Waals surface area contributed by atoms with Gasteiger partial charge in [0.05, 0.1) is 11.4 Å². The molecule has 0 saturated heterocycles. The van der Waals surface area contributed by atoms with Crippen molar-refractivity contribution in [2.75, 3.05) is 5.73 Å². The molecule has 2 aromatic rings. The minimum absolute atomic E-state index is 0.498. The SMILES string of the molecule is CCc1ccc(-c2nc(C)c(C)nc2N)cc1. The fourth-order valence-electron chi connectivity index (χ4n) is 1.73. The fraction of sp³-hybridized carbons (Fsp3) is 0.286. The Morgan fingerprint density at radius 2 is 1.59 bits per heavy atom. The van der Waals surface area contributed by atoms with Crippen LogP contribution in [0.15, 0.2) is 24.3 Å². The monoisotopic (exact) mass is 227 g/mol. The molecule has 0 amide bonds. The summed E-state index contributed by atoms with van der Waals surface area (Å²) in [5.41, 5.74) is 10.8. The highest BCUT2D eigenvalue weighted by Gasteiger charge is 2.08. The maximum Gasteiger partial charge on any atom is 0.150 e. The lowest BCUT2D eigenvalue weighted by atomic mass is 10.1. The summed E-state index contributed by atoms with van der Waals surface area (Å²) in [4.78, 5) is 8.82. The van der Waals surface area contributed by atoms with E-state index < -0.39 is 0 Å². The van der Waals surface area contributed by atoms with Crippen LogP contribution in [-0.2, 0) is 6.42 Å². The first kappa shape index (κ1) is 11.6. The Balaban J connectivity index is 2.48. The minimum Gasteiger partial charge on any atom is -0.382 e. The van der Waals surface area contributed by atoms with Gasteiger partial charge in [-0.3, -0.25) is 0 Å². The quantitative estimate of drug-likeness (QED) is 0.858. The van der Waals surface area contributed by atoms with Crippen molar-refractivity contribution in [1.29, 1.82) is 0 Å². The van der Waals surface area contributed by atoms with Gasteiger partial charge < -0.3 is 5.73 Å². The van der Waals surface area contributed by atoms with Crippen molar-refractivity contribution in [3.63, 3.8) is 0 Å². The summed E-state index contributed by atoms with van der Waals surface area (Å²) in [6.45, 7) is 6.01. The first-order chi connectivity index (χ1) is 8.11. The van der Waals surface area contributed by atoms with Crippen LogP contribution in [0.3, 0.4) is 0 Å². The van der Waals surface area contributed by atoms with E-state index in [0.29, 0.717) is 5.82 Å². The molecule has 3 nitrogen and oxygen atoms in total. The number of hydrogen-bond acceptors (Lipinski definition) is 3. The summed E-state index contributed by atoms with van der Waals surface area (Å²) < 4.78 is 0. The Labute approximate surface area is 102 Å². The molecule has 0 saturated carbocycles. The summed E-state index contributed by atoms with van der Waals surface area (Å²) in [6.07, 6.45) is 1.04. The second-order valence-electron chi connectivity index (χ2n) is 4.18. The van der Waals surface area contributed by atoms with Crippen LogP contribution in [0.25, 0.3) is 11.3 Å². The van der Waals surface area contributed by atoms with Crippen LogP contribution in [0.2, 0.25) is 0 Å². The zero-order chi connectivity index (χ0) is 12.4. The van der Waals surface area contributed by atoms with Crippen molar-refractivity contribution in [2.24, 2.45) is 0 Å². The smallest absolute Gasteiger partial charge is 0.150 e. The number of rotatable bonds is 2. The summed E-state index contributed by atoms with van der Waals surface area (Å²) >= 11 is 0. The average Bonchev–Trinajstić information content (AvgIpc) is 2.34. The maximum absolute atomic E-state index is 5.92. The van der Waals surface area contributed by atoms with Gasteiger partial charge in [0.1, 0.15) is 11.5 Å². The van der Waals surface area contributed by atoms with Crippen LogP contribution >= 0.6 is 0 Å². The predicted octanol–water partition coefficient (Wildman–Crippen LogP) is 2.91. The molecule has 88 valence electrons. The minimum atomic E-state index is 0.498. The Morgan fingerprint density at radius 1 is 1.00 bits per heavy atom. The van der Waals surface area contributed by atoms with Gasteiger partial charge in [-0.1, -0.05) is 31.2 Å². The van der Waals surface area contributed by atoms with Gasteiger partial charge in [0, 0.05) is 5.56 Å². The Hall–Kier alpha value is -1.90. The molecule has 3 heteroatoms. The lowest BCUT2D eigenvalue weighted by Crippen LogP contribution is -2.02. The summed E-state index contributed by atoms with van der Waals surface area (Å²) in [6, 6.07) is 8.30. The molecule has 0 aliphatic heterocycles. The molecule has 0 spiro atoms. The van der Waals surface area contributed by atoms with Gasteiger partial charge in [-0.25, -0.2) is 9.97 Å². The zero-order valence-corrected chi connectivity index (χ0v) is 10.5. The Kier molecular flexibility index (Phi) is 3.09. The van der Waals surface area contributed by atoms with E-state index in [1.165, 1.54) is 5.56 Å². The lowest BCUT2D eigenvalue weighted by Gasteiger charge is -2.08. The molecule has 0 atom stereocenters. The van der Waals surface area contributed by atoms with Gasteiger partial charge in [0.25, 0.3) is 0 Å². The molecule has 2 rings (SSSR count). The number of benzene rings is 1. The topological polar surface area (TPSA) is 51.8 Å². The number of hydrogen-bond donors (Lipinski definition) is 1. The third kappa shape index (κ3) is 2.28. The van der Waals surface area contributed by atoms with Crippen LogP contribution < -0.4 is 5.73 Å². The van der Waals surface area contributed by atoms with Gasteiger partial charge >= 0.3 is 0 Å². The van der Waals surface area contributed by atoms with Crippen LogP contribution in [0.4, 0.5) is 5.82 Å². The van der Waals surface area contributed by atoms with Crippen molar-refractivity contribution in [3.05, 3.63) is 41.2 Å². The van der Waals surface area contributed by atoms with Crippen molar-refractivity contribution in [3.8, 4) is 11.3 Å². The van der Waals surface area contributed by atoms with Gasteiger partial charge in [0.2, 0.25) is 0 Å². The van der Waals surface area contributed by atoms with E-state index in [1.54, 1.807) is 0 Å². The van der Waals surface area contributed by atoms with E-state index in [-0.39, 0.29) is 0 Å². The lowest BCUT2D eigenvalue weighted by molar-refractivity contribution is 1.06. The molecule has 0 unspecified atom stereocenters. The number of nitrogens with zero attached hydrogens (tertiary/aromatic N) is 2. The molecule has 0 fully saturated rings. The Bertz CT molecular complexity index is 530. The standard InChI is InChI=1S/C14H17N3/c1-4-11-5-7-12(8-6-11)13-14(15)17-10(3)9(2)16-13/h5-8H,4H2,1-3H3,(H2,15,17). The fourth-order valence-corrected chi connectivity index (χ4v) is 1.73. The molecule has 0 aliphatic rings. The van der Waals surface area contributed by atoms with Crippen molar-refractivity contribution >= 4 is 5.82 Å². The molecule has 2 N–H and O–H groups in total. The highest BCUT2D eigenvalue weighted by molar-refractivity contribution is 5.70. The van der Waals surface area contributed by atoms with Crippen molar-refractivity contribution in [1.82, 2.24) is 9.97 Å². The molecule has 1 aromatic heterocycles. The van der Waals surface area contributed by atoms with Crippen molar-refractivity contribution < 1.29 is 0 Å². The summed E-state index contributed by atoms with van der Waals surface area (Å²) in [5.74, 6) is 0.498. The number of aryl methyl sites for hydroxylation is 3. The number of anilines is 1. The van der Waals surface area contributed by atoms with E-state index in [4.69, 9.17) is 5.73 Å². The van der Waals surface area contributed by atoms with Crippen LogP contribution in [0.1, 0.15) is 23.9 Å². The van der Waals surface area contributed by atoms with Gasteiger partial charge in [0.15, 0.2) is 0 Å². The largest absolute Gasteiger partial charge is 0.382 e. The third-order valence-electron chi connectivity index (χ3n) is 2.97. The van der Waals surface area contributed by atoms with E-state index in [1.807, 2.05) is 26.0 Å². The molecule has 1 aromatic carbocycles. The number of nitrogens with two attached hydrogens (primary N) is 1. The first-order valence-corrected chi connectivity index (χ1v) is 5.82. The molecule has 0 aliphatic carbocycles. The normalized spacial score (nSPS) is 10.5. The second-order valence-corrected chi connectivity index (χ2v) is 4.18. The molecular formula is C14H17N3. The molecular weight excluding hydrogens is 210 g/mol. The van der Waals surface area contributed by atoms with E-state index >= 15 is 0 Å². The molecule has 17 heavy (non-hydrogen) atoms. The third-order valence-corrected chi connectivity index (χ3v) is 2.97. The van der Waals surface area contributed by atoms with E-state index in [9.17, 15) is 0 Å². The van der Waals surface area contributed by atoms with Gasteiger partial charge in [-0.15, -0.1) is 0 Å². The molecule has 1 heterocycles. The summed E-state index contributed by atoms with van der Waals surface area (Å²) in [5, 5.41) is 0. The molecule has 0 bridgehead atoms. The van der Waals surface area contributed by atoms with Crippen LogP contribution in [0, 0.1) is 13.8 Å². The maximum atomic E-state index is 5.92. The highest BCUT2D eigenvalue weighted by atomic mass is 14.9. The van der Waals surface area contributed by atoms with Gasteiger partial charge in [-0.05, 0) is 25.8 Å². The van der Waals surface area contributed by atoms with Crippen LogP contribution in [-0.4, -0.2) is 9.97 Å². The average molecular weight is 227 g/mol. The zero-order valence-electron chi connectivity index (χ0n) is 10.5. The highest BCUT2D eigenvalue weighted by Crippen LogP contribution is 2.23. The van der Waals surface area contributed by atoms with E-state index in [0.717, 1.165) is 29.1 Å². The predicted molar refractivity (Wildman–Crippen MR) is 70.7 cm³/mol. The number of nitrogen functional groups attached to an aromatic ring is 1. The number of aromatic nitrogens is 2. The molecule has 0 radical (unpaired) electrons. The summed E-state index contributed by atoms with van der Waals surface area (Å²) in [7, 11) is 0. The second kappa shape index (κ2) is 4.53. The van der Waals surface area contributed by atoms with Crippen LogP contribution in [0.5, 0.6) is 0 Å². The van der Waals surface area contributed by atoms with E-state index in [2.05, 4.69) is 29.0 Å². The first-order valence-electron chi connectivity index (χ1n) is 5.82. The van der Waals surface area contributed by atoms with Crippen molar-refractivity contribution in [2.45, 2.75) is 27.2 Å². The Morgan fingerprint density at radius 3 is 2.18 bits per heavy atom. The van der Waals surface area contributed by atoms with Gasteiger partial charge in [-0.2, -0.15) is 0 Å².